The maximum absolute atomic E-state index is 3.83. The molecule has 0 amide bonds. The molecule has 0 nitrogen and oxygen atoms in total. The van der Waals surface area contributed by atoms with Crippen molar-refractivity contribution in [2.45, 2.75) is 44.9 Å². The zero-order valence-electron chi connectivity index (χ0n) is 6.81. The summed E-state index contributed by atoms with van der Waals surface area (Å²) in [7, 11) is 0. The molecule has 58 valence electrons. The van der Waals surface area contributed by atoms with Gasteiger partial charge in [0.15, 0.2) is 0 Å². The van der Waals surface area contributed by atoms with Gasteiger partial charge in [0.2, 0.25) is 0 Å². The molecule has 2 radical (unpaired) electrons. The van der Waals surface area contributed by atoms with Crippen molar-refractivity contribution in [2.75, 3.05) is 0 Å². The van der Waals surface area contributed by atoms with E-state index in [9.17, 15) is 0 Å². The van der Waals surface area contributed by atoms with Crippen LogP contribution < -0.4 is 0 Å². The summed E-state index contributed by atoms with van der Waals surface area (Å²) in [6, 6.07) is 0. The maximum Gasteiger partial charge on any atom is -0.0355 e. The van der Waals surface area contributed by atoms with Gasteiger partial charge in [-0.05, 0) is 18.8 Å². The van der Waals surface area contributed by atoms with E-state index in [2.05, 4.69) is 13.3 Å². The van der Waals surface area contributed by atoms with E-state index in [1.807, 2.05) is 0 Å². The Morgan fingerprint density at radius 2 is 2.00 bits per heavy atom. The van der Waals surface area contributed by atoms with E-state index in [0.717, 1.165) is 12.3 Å². The van der Waals surface area contributed by atoms with Gasteiger partial charge in [-0.25, -0.2) is 0 Å². The molecule has 0 aliphatic heterocycles. The first-order valence-corrected chi connectivity index (χ1v) is 4.56. The van der Waals surface area contributed by atoms with Crippen LogP contribution in [0.3, 0.4) is 0 Å². The molecule has 1 rings (SSSR count). The Balaban J connectivity index is 1.91. The van der Waals surface area contributed by atoms with E-state index in [0.29, 0.717) is 0 Å². The van der Waals surface area contributed by atoms with E-state index < -0.39 is 0 Å². The Morgan fingerprint density at radius 3 is 2.60 bits per heavy atom. The van der Waals surface area contributed by atoms with Gasteiger partial charge >= 0.3 is 0 Å². The van der Waals surface area contributed by atoms with Crippen molar-refractivity contribution >= 4 is 0 Å². The van der Waals surface area contributed by atoms with Gasteiger partial charge in [0, 0.05) is 0 Å². The van der Waals surface area contributed by atoms with Crippen LogP contribution in [0.2, 0.25) is 0 Å². The lowest BCUT2D eigenvalue weighted by Gasteiger charge is -2.05. The number of rotatable bonds is 4. The molecule has 0 N–H and O–H groups in total. The van der Waals surface area contributed by atoms with E-state index in [-0.39, 0.29) is 0 Å². The summed E-state index contributed by atoms with van der Waals surface area (Å²) in [6.45, 7) is 3.83. The van der Waals surface area contributed by atoms with Gasteiger partial charge in [-0.3, -0.25) is 0 Å². The molecule has 0 aromatic heterocycles. The average molecular weight is 138 g/mol. The Bertz CT molecular complexity index is 70.1. The summed E-state index contributed by atoms with van der Waals surface area (Å²) in [5, 5.41) is 0. The smallest absolute Gasteiger partial charge is 0.0355 e. The molecule has 0 bridgehead atoms. The summed E-state index contributed by atoms with van der Waals surface area (Å²) in [5.74, 6) is 0.964. The van der Waals surface area contributed by atoms with Crippen molar-refractivity contribution in [2.24, 2.45) is 5.92 Å². The molecule has 1 saturated carbocycles. The van der Waals surface area contributed by atoms with Gasteiger partial charge in [0.1, 0.15) is 0 Å². The average Bonchev–Trinajstić information content (AvgIpc) is 2.41. The third-order valence-electron chi connectivity index (χ3n) is 2.35. The third kappa shape index (κ3) is 2.72. The molecule has 0 spiro atoms. The highest BCUT2D eigenvalue weighted by atomic mass is 14.2. The van der Waals surface area contributed by atoms with Crippen LogP contribution in [0.5, 0.6) is 0 Å². The highest BCUT2D eigenvalue weighted by molar-refractivity contribution is 4.80. The van der Waals surface area contributed by atoms with Gasteiger partial charge in [0.25, 0.3) is 0 Å². The fourth-order valence-electron chi connectivity index (χ4n) is 1.69. The molecule has 1 aliphatic carbocycles. The number of hydrogen-bond donors (Lipinski definition) is 0. The van der Waals surface area contributed by atoms with Gasteiger partial charge in [-0.1, -0.05) is 45.4 Å². The van der Waals surface area contributed by atoms with Gasteiger partial charge in [-0.15, -0.1) is 0 Å². The van der Waals surface area contributed by atoms with Crippen LogP contribution in [0, 0.1) is 19.3 Å². The zero-order valence-corrected chi connectivity index (χ0v) is 6.81. The lowest BCUT2D eigenvalue weighted by molar-refractivity contribution is 0.591. The summed E-state index contributed by atoms with van der Waals surface area (Å²) in [6.07, 6.45) is 12.0. The largest absolute Gasteiger partial charge is 0.0533 e. The second-order valence-corrected chi connectivity index (χ2v) is 3.28. The van der Waals surface area contributed by atoms with Crippen molar-refractivity contribution in [3.63, 3.8) is 0 Å². The van der Waals surface area contributed by atoms with Crippen LogP contribution in [-0.4, -0.2) is 0 Å². The minimum absolute atomic E-state index is 0.964. The Hall–Kier alpha value is 0. The quantitative estimate of drug-likeness (QED) is 0.522. The lowest BCUT2D eigenvalue weighted by Crippen LogP contribution is -1.93. The van der Waals surface area contributed by atoms with E-state index in [1.165, 1.54) is 38.5 Å². The normalized spacial score (nSPS) is 20.1. The molecule has 1 aliphatic rings. The minimum atomic E-state index is 0.964. The van der Waals surface area contributed by atoms with Crippen LogP contribution >= 0.6 is 0 Å². The molecule has 0 heterocycles. The molecule has 0 atom stereocenters. The van der Waals surface area contributed by atoms with Gasteiger partial charge in [0.05, 0.1) is 0 Å². The van der Waals surface area contributed by atoms with Crippen LogP contribution in [-0.2, 0) is 0 Å². The molecule has 0 unspecified atom stereocenters. The summed E-state index contributed by atoms with van der Waals surface area (Å²) >= 11 is 0. The number of unbranched alkanes of at least 4 members (excludes halogenated alkanes) is 2. The molecule has 0 heteroatoms. The Kier molecular flexibility index (Phi) is 3.86. The zero-order chi connectivity index (χ0) is 7.23. The van der Waals surface area contributed by atoms with Gasteiger partial charge < -0.3 is 0 Å². The molecule has 0 aromatic carbocycles. The van der Waals surface area contributed by atoms with Crippen LogP contribution in [0.25, 0.3) is 0 Å². The summed E-state index contributed by atoms with van der Waals surface area (Å²) < 4.78 is 0. The molecule has 0 aromatic rings. The monoisotopic (exact) mass is 138 g/mol. The molecular weight excluding hydrogens is 120 g/mol. The van der Waals surface area contributed by atoms with E-state index >= 15 is 0 Å². The van der Waals surface area contributed by atoms with Crippen molar-refractivity contribution < 1.29 is 0 Å². The second-order valence-electron chi connectivity index (χ2n) is 3.28. The fraction of sp³-hybridized carbons (Fsp3) is 0.800. The van der Waals surface area contributed by atoms with Crippen molar-refractivity contribution in [1.29, 1.82) is 0 Å². The predicted octanol–water partition coefficient (Wildman–Crippen LogP) is 3.39. The standard InChI is InChI=1S/C10H18/c1-2-3-4-7-10-8-5-6-9-10/h7,10H,1-6,8-9H2. The Morgan fingerprint density at radius 1 is 1.30 bits per heavy atom. The van der Waals surface area contributed by atoms with Crippen LogP contribution in [0.15, 0.2) is 0 Å². The number of hydrogen-bond acceptors (Lipinski definition) is 0. The molecule has 1 fully saturated rings. The lowest BCUT2D eigenvalue weighted by atomic mass is 10.0. The second kappa shape index (κ2) is 4.76. The molecule has 0 saturated heterocycles. The topological polar surface area (TPSA) is 0 Å². The van der Waals surface area contributed by atoms with Gasteiger partial charge in [-0.2, -0.15) is 0 Å². The van der Waals surface area contributed by atoms with Crippen molar-refractivity contribution in [3.8, 4) is 0 Å². The maximum atomic E-state index is 3.83. The SMILES string of the molecule is [CH2]CCC[CH]C1CCCC1. The first-order chi connectivity index (χ1) is 4.93. The van der Waals surface area contributed by atoms with E-state index in [4.69, 9.17) is 0 Å². The predicted molar refractivity (Wildman–Crippen MR) is 45.5 cm³/mol. The highest BCUT2D eigenvalue weighted by Gasteiger charge is 2.13. The van der Waals surface area contributed by atoms with Crippen molar-refractivity contribution in [1.82, 2.24) is 0 Å². The first-order valence-electron chi connectivity index (χ1n) is 4.56. The molecule has 10 heavy (non-hydrogen) atoms. The minimum Gasteiger partial charge on any atom is -0.0533 e. The van der Waals surface area contributed by atoms with Crippen LogP contribution in [0.1, 0.15) is 44.9 Å². The molecular formula is C10H18. The van der Waals surface area contributed by atoms with Crippen LogP contribution in [0.4, 0.5) is 0 Å². The summed E-state index contributed by atoms with van der Waals surface area (Å²) in [5.41, 5.74) is 0. The van der Waals surface area contributed by atoms with E-state index in [1.54, 1.807) is 0 Å². The fourth-order valence-corrected chi connectivity index (χ4v) is 1.69. The van der Waals surface area contributed by atoms with Crippen molar-refractivity contribution in [3.05, 3.63) is 13.3 Å². The summed E-state index contributed by atoms with van der Waals surface area (Å²) in [4.78, 5) is 0. The third-order valence-corrected chi connectivity index (χ3v) is 2.35. The highest BCUT2D eigenvalue weighted by Crippen LogP contribution is 2.28. The Labute approximate surface area is 65.0 Å². The first kappa shape index (κ1) is 8.10.